The SMILES string of the molecule is O=C(NN(C(=O)OCc1ccccc1)C(CO)CC(Cc1ccccc1)N(NC(=O)OCc1ccccc1)C(=O)OCc1ccccc1)OCc1ccccc1. The number of hydrogen-bond acceptors (Lipinski definition) is 9. The van der Waals surface area contributed by atoms with Crippen molar-refractivity contribution in [2.24, 2.45) is 0 Å². The van der Waals surface area contributed by atoms with Gasteiger partial charge in [0.05, 0.1) is 18.7 Å². The van der Waals surface area contributed by atoms with Crippen molar-refractivity contribution in [3.63, 3.8) is 0 Å². The van der Waals surface area contributed by atoms with Gasteiger partial charge in [-0.25, -0.2) is 40.0 Å². The number of nitrogens with zero attached hydrogens (tertiary/aromatic N) is 2. The number of aliphatic hydroxyl groups excluding tert-OH is 1. The van der Waals surface area contributed by atoms with Crippen LogP contribution in [0.25, 0.3) is 0 Å². The van der Waals surface area contributed by atoms with Crippen LogP contribution < -0.4 is 10.9 Å². The molecule has 5 rings (SSSR count). The first-order valence-electron chi connectivity index (χ1n) is 18.0. The predicted octanol–water partition coefficient (Wildman–Crippen LogP) is 7.31. The second-order valence-corrected chi connectivity index (χ2v) is 12.6. The third-order valence-corrected chi connectivity index (χ3v) is 8.45. The summed E-state index contributed by atoms with van der Waals surface area (Å²) in [7, 11) is 0. The van der Waals surface area contributed by atoms with Crippen LogP contribution in [0.2, 0.25) is 0 Å². The fraction of sp³-hybridized carbons (Fsp3) is 0.209. The zero-order valence-corrected chi connectivity index (χ0v) is 30.6. The molecule has 0 fully saturated rings. The fourth-order valence-corrected chi connectivity index (χ4v) is 5.60. The molecule has 4 amide bonds. The highest BCUT2D eigenvalue weighted by Crippen LogP contribution is 2.19. The summed E-state index contributed by atoms with van der Waals surface area (Å²) < 4.78 is 22.1. The first-order valence-corrected chi connectivity index (χ1v) is 18.0. The Balaban J connectivity index is 1.42. The number of carbonyl (C=O) groups excluding carboxylic acids is 4. The lowest BCUT2D eigenvalue weighted by Gasteiger charge is -2.36. The molecule has 0 heterocycles. The van der Waals surface area contributed by atoms with Gasteiger partial charge in [0.1, 0.15) is 26.4 Å². The van der Waals surface area contributed by atoms with Crippen LogP contribution in [0.15, 0.2) is 152 Å². The summed E-state index contributed by atoms with van der Waals surface area (Å²) in [6.45, 7) is -1.15. The number of hydrazine groups is 2. The molecular formula is C43H44N4O9. The van der Waals surface area contributed by atoms with Crippen LogP contribution >= 0.6 is 0 Å². The molecule has 13 heteroatoms. The van der Waals surface area contributed by atoms with Gasteiger partial charge in [-0.05, 0) is 40.7 Å². The lowest BCUT2D eigenvalue weighted by molar-refractivity contribution is 0.0103. The molecular weight excluding hydrogens is 716 g/mol. The number of carbonyl (C=O) groups is 4. The maximum absolute atomic E-state index is 14.0. The first kappa shape index (κ1) is 40.3. The van der Waals surface area contributed by atoms with Gasteiger partial charge in [-0.3, -0.25) is 0 Å². The molecule has 2 atom stereocenters. The number of hydrogen-bond donors (Lipinski definition) is 3. The number of nitrogens with one attached hydrogen (secondary N) is 2. The van der Waals surface area contributed by atoms with Crippen molar-refractivity contribution < 1.29 is 43.2 Å². The molecule has 0 radical (unpaired) electrons. The van der Waals surface area contributed by atoms with Gasteiger partial charge in [0.2, 0.25) is 0 Å². The Morgan fingerprint density at radius 1 is 0.446 bits per heavy atom. The minimum atomic E-state index is -1.22. The van der Waals surface area contributed by atoms with E-state index in [0.717, 1.165) is 21.1 Å². The number of ether oxygens (including phenoxy) is 4. The second-order valence-electron chi connectivity index (χ2n) is 12.6. The van der Waals surface area contributed by atoms with Gasteiger partial charge in [0, 0.05) is 0 Å². The van der Waals surface area contributed by atoms with Crippen LogP contribution in [0.3, 0.4) is 0 Å². The molecule has 0 bridgehead atoms. The third kappa shape index (κ3) is 13.2. The van der Waals surface area contributed by atoms with E-state index in [-0.39, 0.29) is 39.3 Å². The van der Waals surface area contributed by atoms with E-state index in [1.807, 2.05) is 54.6 Å². The zero-order valence-electron chi connectivity index (χ0n) is 30.6. The molecule has 0 aromatic heterocycles. The van der Waals surface area contributed by atoms with Crippen molar-refractivity contribution in [3.05, 3.63) is 179 Å². The quantitative estimate of drug-likeness (QED) is 0.0736. The van der Waals surface area contributed by atoms with Gasteiger partial charge in [-0.1, -0.05) is 152 Å². The van der Waals surface area contributed by atoms with E-state index < -0.39 is 43.1 Å². The molecule has 0 aliphatic rings. The average molecular weight is 761 g/mol. The van der Waals surface area contributed by atoms with Crippen molar-refractivity contribution >= 4 is 24.4 Å². The lowest BCUT2D eigenvalue weighted by atomic mass is 9.99. The van der Waals surface area contributed by atoms with Gasteiger partial charge in [0.25, 0.3) is 0 Å². The van der Waals surface area contributed by atoms with E-state index in [4.69, 9.17) is 18.9 Å². The zero-order chi connectivity index (χ0) is 39.4. The molecule has 0 spiro atoms. The monoisotopic (exact) mass is 760 g/mol. The molecule has 3 N–H and O–H groups in total. The summed E-state index contributed by atoms with van der Waals surface area (Å²) in [4.78, 5) is 54.2. The van der Waals surface area contributed by atoms with E-state index in [1.54, 1.807) is 97.1 Å². The molecule has 0 saturated heterocycles. The number of amides is 4. The topological polar surface area (TPSA) is 156 Å². The van der Waals surface area contributed by atoms with E-state index in [9.17, 15) is 24.3 Å². The number of aliphatic hydroxyl groups is 1. The van der Waals surface area contributed by atoms with Crippen molar-refractivity contribution in [1.29, 1.82) is 0 Å². The fourth-order valence-electron chi connectivity index (χ4n) is 5.60. The second kappa shape index (κ2) is 21.7. The van der Waals surface area contributed by atoms with Gasteiger partial charge >= 0.3 is 24.4 Å². The first-order chi connectivity index (χ1) is 27.4. The molecule has 0 saturated carbocycles. The summed E-state index contributed by atoms with van der Waals surface area (Å²) in [6.07, 6.45) is -3.98. The third-order valence-electron chi connectivity index (χ3n) is 8.45. The van der Waals surface area contributed by atoms with Gasteiger partial charge in [-0.2, -0.15) is 0 Å². The summed E-state index contributed by atoms with van der Waals surface area (Å²) in [6, 6.07) is 42.8. The highest BCUT2D eigenvalue weighted by Gasteiger charge is 2.35. The smallest absolute Gasteiger partial charge is 0.429 e. The summed E-state index contributed by atoms with van der Waals surface area (Å²) in [5.41, 5.74) is 8.52. The van der Waals surface area contributed by atoms with E-state index in [0.29, 0.717) is 16.7 Å². The van der Waals surface area contributed by atoms with Crippen LogP contribution in [0.1, 0.15) is 34.2 Å². The maximum atomic E-state index is 14.0. The Labute approximate surface area is 325 Å². The largest absolute Gasteiger partial charge is 0.443 e. The molecule has 2 unspecified atom stereocenters. The normalized spacial score (nSPS) is 11.6. The van der Waals surface area contributed by atoms with Crippen molar-refractivity contribution in [2.45, 2.75) is 51.4 Å². The summed E-state index contributed by atoms with van der Waals surface area (Å²) >= 11 is 0. The van der Waals surface area contributed by atoms with E-state index in [2.05, 4.69) is 10.9 Å². The number of benzene rings is 5. The van der Waals surface area contributed by atoms with Crippen molar-refractivity contribution in [1.82, 2.24) is 20.9 Å². The minimum Gasteiger partial charge on any atom is -0.443 e. The Morgan fingerprint density at radius 2 is 0.750 bits per heavy atom. The highest BCUT2D eigenvalue weighted by atomic mass is 16.6. The van der Waals surface area contributed by atoms with Gasteiger partial charge in [0.15, 0.2) is 0 Å². The Morgan fingerprint density at radius 3 is 1.09 bits per heavy atom. The highest BCUT2D eigenvalue weighted by molar-refractivity contribution is 5.75. The Bertz CT molecular complexity index is 1940. The summed E-state index contributed by atoms with van der Waals surface area (Å²) in [5, 5.41) is 12.7. The van der Waals surface area contributed by atoms with Crippen LogP contribution in [0, 0.1) is 0 Å². The lowest BCUT2D eigenvalue weighted by Crippen LogP contribution is -2.58. The Kier molecular flexibility index (Phi) is 15.7. The van der Waals surface area contributed by atoms with Crippen molar-refractivity contribution in [2.75, 3.05) is 6.61 Å². The molecule has 0 aliphatic carbocycles. The maximum Gasteiger partial charge on any atom is 0.429 e. The molecule has 13 nitrogen and oxygen atoms in total. The van der Waals surface area contributed by atoms with Crippen LogP contribution in [0.5, 0.6) is 0 Å². The molecule has 290 valence electrons. The summed E-state index contributed by atoms with van der Waals surface area (Å²) in [5.74, 6) is 0. The molecule has 56 heavy (non-hydrogen) atoms. The molecule has 5 aromatic carbocycles. The average Bonchev–Trinajstić information content (AvgIpc) is 3.25. The van der Waals surface area contributed by atoms with Gasteiger partial charge in [-0.15, -0.1) is 0 Å². The van der Waals surface area contributed by atoms with Gasteiger partial charge < -0.3 is 24.1 Å². The molecule has 0 aliphatic heterocycles. The Hall–Kier alpha value is -6.86. The number of rotatable bonds is 15. The minimum absolute atomic E-state index is 0.0851. The van der Waals surface area contributed by atoms with E-state index in [1.165, 1.54) is 0 Å². The standard InChI is InChI=1S/C43H44N4O9/c48-28-39(47(43(52)56-32-37-24-14-5-15-25-37)45-41(50)54-30-35-20-10-3-11-21-35)27-38(26-33-16-6-1-7-17-33)46(42(51)55-31-36-22-12-4-13-23-36)44-40(49)53-29-34-18-8-2-9-19-34/h1-25,38-39,48H,26-32H2,(H,44,49)(H,45,50). The van der Waals surface area contributed by atoms with E-state index >= 15 is 0 Å². The van der Waals surface area contributed by atoms with Crippen LogP contribution in [0.4, 0.5) is 19.2 Å². The van der Waals surface area contributed by atoms with Crippen molar-refractivity contribution in [3.8, 4) is 0 Å². The van der Waals surface area contributed by atoms with Crippen LogP contribution in [-0.2, 0) is 51.8 Å². The predicted molar refractivity (Wildman–Crippen MR) is 206 cm³/mol. The molecule has 5 aromatic rings. The van der Waals surface area contributed by atoms with Crippen LogP contribution in [-0.4, -0.2) is 58.2 Å².